The molecule has 0 saturated carbocycles. The van der Waals surface area contributed by atoms with Crippen molar-refractivity contribution in [2.24, 2.45) is 0 Å². The summed E-state index contributed by atoms with van der Waals surface area (Å²) in [6.45, 7) is 11.7. The largest absolute Gasteiger partial charge is 0.494 e. The molecule has 3 aromatic carbocycles. The first-order valence-corrected chi connectivity index (χ1v) is 11.7. The summed E-state index contributed by atoms with van der Waals surface area (Å²) in [4.78, 5) is 0. The van der Waals surface area contributed by atoms with E-state index in [0.29, 0.717) is 18.4 Å². The van der Waals surface area contributed by atoms with Crippen LogP contribution < -0.4 is 4.74 Å². The van der Waals surface area contributed by atoms with E-state index in [4.69, 9.17) is 27.9 Å². The van der Waals surface area contributed by atoms with Gasteiger partial charge in [0.1, 0.15) is 5.75 Å². The Balaban J connectivity index is 1.64. The molecule has 3 heteroatoms. The van der Waals surface area contributed by atoms with Crippen molar-refractivity contribution in [3.05, 3.63) is 99.0 Å². The Morgan fingerprint density at radius 1 is 0.806 bits per heavy atom. The molecule has 0 aliphatic carbocycles. The maximum atomic E-state index is 6.75. The molecule has 0 aliphatic rings. The van der Waals surface area contributed by atoms with Gasteiger partial charge in [-0.3, -0.25) is 0 Å². The van der Waals surface area contributed by atoms with Crippen molar-refractivity contribution in [2.75, 3.05) is 6.61 Å². The summed E-state index contributed by atoms with van der Waals surface area (Å²) >= 11 is 12.8. The summed E-state index contributed by atoms with van der Waals surface area (Å²) in [6, 6.07) is 22.9. The van der Waals surface area contributed by atoms with E-state index in [-0.39, 0.29) is 5.41 Å². The van der Waals surface area contributed by atoms with Crippen LogP contribution in [0.15, 0.2) is 66.7 Å². The summed E-state index contributed by atoms with van der Waals surface area (Å²) in [5, 5.41) is 1.54. The highest BCUT2D eigenvalue weighted by molar-refractivity contribution is 6.31. The quantitative estimate of drug-likeness (QED) is 0.329. The third kappa shape index (κ3) is 5.84. The molecule has 1 nitrogen and oxygen atoms in total. The maximum absolute atomic E-state index is 6.75. The van der Waals surface area contributed by atoms with Gasteiger partial charge in [-0.1, -0.05) is 94.2 Å². The second kappa shape index (κ2) is 10.1. The lowest BCUT2D eigenvalue weighted by Crippen LogP contribution is -2.19. The smallest absolute Gasteiger partial charge is 0.119 e. The molecule has 0 heterocycles. The molecule has 0 N–H and O–H groups in total. The molecule has 0 radical (unpaired) electrons. The van der Waals surface area contributed by atoms with Crippen molar-refractivity contribution >= 4 is 23.2 Å². The fourth-order valence-corrected chi connectivity index (χ4v) is 4.39. The van der Waals surface area contributed by atoms with Crippen molar-refractivity contribution < 1.29 is 4.74 Å². The lowest BCUT2D eigenvalue weighted by Gasteiger charge is -2.28. The van der Waals surface area contributed by atoms with Gasteiger partial charge in [0, 0.05) is 15.5 Å². The highest BCUT2D eigenvalue weighted by Crippen LogP contribution is 2.38. The number of halogens is 2. The minimum absolute atomic E-state index is 0.200. The van der Waals surface area contributed by atoms with E-state index in [0.717, 1.165) is 27.8 Å². The second-order valence-corrected chi connectivity index (χ2v) is 9.98. The Bertz CT molecular complexity index is 989. The minimum atomic E-state index is -0.200. The van der Waals surface area contributed by atoms with Gasteiger partial charge in [-0.15, -0.1) is 0 Å². The first-order chi connectivity index (χ1) is 14.7. The third-order valence-corrected chi connectivity index (χ3v) is 6.73. The molecule has 0 fully saturated rings. The number of benzene rings is 3. The minimum Gasteiger partial charge on any atom is -0.494 e. The standard InChI is InChI=1S/C28H32Cl2O/c1-19(2)21-6-13-25(14-7-21)31-17-16-20(3)22-8-15-26(27(30)18-22)28(4,5)23-9-11-24(29)12-10-23/h6-15,18-20H,16-17H2,1-5H3. The van der Waals surface area contributed by atoms with Gasteiger partial charge in [0.2, 0.25) is 0 Å². The van der Waals surface area contributed by atoms with E-state index in [1.807, 2.05) is 12.1 Å². The predicted octanol–water partition coefficient (Wildman–Crippen LogP) is 9.02. The van der Waals surface area contributed by atoms with Crippen LogP contribution in [-0.2, 0) is 5.41 Å². The predicted molar refractivity (Wildman–Crippen MR) is 134 cm³/mol. The molecular formula is C28H32Cl2O. The average Bonchev–Trinajstić information content (AvgIpc) is 2.74. The molecule has 0 aliphatic heterocycles. The van der Waals surface area contributed by atoms with Crippen molar-refractivity contribution in [1.82, 2.24) is 0 Å². The third-order valence-electron chi connectivity index (χ3n) is 6.17. The van der Waals surface area contributed by atoms with Crippen LogP contribution in [0.2, 0.25) is 10.0 Å². The van der Waals surface area contributed by atoms with Gasteiger partial charge in [-0.05, 0) is 70.8 Å². The van der Waals surface area contributed by atoms with Gasteiger partial charge in [0.15, 0.2) is 0 Å². The topological polar surface area (TPSA) is 9.23 Å². The molecule has 1 unspecified atom stereocenters. The molecule has 0 aromatic heterocycles. The second-order valence-electron chi connectivity index (χ2n) is 9.13. The van der Waals surface area contributed by atoms with Crippen LogP contribution in [0, 0.1) is 0 Å². The molecule has 3 aromatic rings. The van der Waals surface area contributed by atoms with Gasteiger partial charge in [0.05, 0.1) is 6.61 Å². The van der Waals surface area contributed by atoms with E-state index >= 15 is 0 Å². The van der Waals surface area contributed by atoms with Gasteiger partial charge in [-0.2, -0.15) is 0 Å². The lowest BCUT2D eigenvalue weighted by molar-refractivity contribution is 0.300. The Kier molecular flexibility index (Phi) is 7.73. The van der Waals surface area contributed by atoms with Crippen LogP contribution in [0.1, 0.15) is 75.1 Å². The van der Waals surface area contributed by atoms with Crippen LogP contribution in [-0.4, -0.2) is 6.61 Å². The fourth-order valence-electron chi connectivity index (χ4n) is 3.84. The molecule has 31 heavy (non-hydrogen) atoms. The van der Waals surface area contributed by atoms with E-state index < -0.39 is 0 Å². The summed E-state index contributed by atoms with van der Waals surface area (Å²) in [5.74, 6) is 1.82. The van der Waals surface area contributed by atoms with Gasteiger partial charge >= 0.3 is 0 Å². The zero-order chi connectivity index (χ0) is 22.6. The highest BCUT2D eigenvalue weighted by atomic mass is 35.5. The van der Waals surface area contributed by atoms with Crippen LogP contribution in [0.3, 0.4) is 0 Å². The number of ether oxygens (including phenoxy) is 1. The van der Waals surface area contributed by atoms with E-state index in [1.165, 1.54) is 16.7 Å². The van der Waals surface area contributed by atoms with E-state index in [9.17, 15) is 0 Å². The van der Waals surface area contributed by atoms with Gasteiger partial charge < -0.3 is 4.74 Å². The van der Waals surface area contributed by atoms with E-state index in [2.05, 4.69) is 89.2 Å². The SMILES string of the molecule is CC(C)c1ccc(OCCC(C)c2ccc(C(C)(C)c3ccc(Cl)cc3)c(Cl)c2)cc1. The molecule has 3 rings (SSSR count). The monoisotopic (exact) mass is 454 g/mol. The van der Waals surface area contributed by atoms with Crippen molar-refractivity contribution in [3.63, 3.8) is 0 Å². The Morgan fingerprint density at radius 3 is 2.00 bits per heavy atom. The van der Waals surface area contributed by atoms with Crippen LogP contribution in [0.5, 0.6) is 5.75 Å². The van der Waals surface area contributed by atoms with Crippen LogP contribution >= 0.6 is 23.2 Å². The van der Waals surface area contributed by atoms with Crippen LogP contribution in [0.4, 0.5) is 0 Å². The highest BCUT2D eigenvalue weighted by Gasteiger charge is 2.26. The molecular weight excluding hydrogens is 423 g/mol. The molecule has 0 amide bonds. The summed E-state index contributed by atoms with van der Waals surface area (Å²) < 4.78 is 5.96. The molecule has 0 spiro atoms. The number of hydrogen-bond acceptors (Lipinski definition) is 1. The zero-order valence-electron chi connectivity index (χ0n) is 19.1. The first kappa shape index (κ1) is 23.7. The lowest BCUT2D eigenvalue weighted by atomic mass is 9.77. The Labute approximate surface area is 197 Å². The number of rotatable bonds is 8. The summed E-state index contributed by atoms with van der Waals surface area (Å²) in [7, 11) is 0. The van der Waals surface area contributed by atoms with E-state index in [1.54, 1.807) is 0 Å². The van der Waals surface area contributed by atoms with Crippen LogP contribution in [0.25, 0.3) is 0 Å². The Morgan fingerprint density at radius 2 is 1.42 bits per heavy atom. The van der Waals surface area contributed by atoms with Gasteiger partial charge in [0.25, 0.3) is 0 Å². The zero-order valence-corrected chi connectivity index (χ0v) is 20.6. The fraction of sp³-hybridized carbons (Fsp3) is 0.357. The summed E-state index contributed by atoms with van der Waals surface area (Å²) in [5.41, 5.74) is 4.68. The van der Waals surface area contributed by atoms with Crippen molar-refractivity contribution in [2.45, 2.75) is 58.3 Å². The number of hydrogen-bond donors (Lipinski definition) is 0. The normalized spacial score (nSPS) is 12.8. The molecule has 164 valence electrons. The first-order valence-electron chi connectivity index (χ1n) is 11.0. The summed E-state index contributed by atoms with van der Waals surface area (Å²) in [6.07, 6.45) is 0.933. The van der Waals surface area contributed by atoms with Crippen molar-refractivity contribution in [1.29, 1.82) is 0 Å². The molecule has 0 saturated heterocycles. The molecule has 1 atom stereocenters. The van der Waals surface area contributed by atoms with Crippen molar-refractivity contribution in [3.8, 4) is 5.75 Å². The average molecular weight is 455 g/mol. The maximum Gasteiger partial charge on any atom is 0.119 e. The Hall–Kier alpha value is -1.96. The molecule has 0 bridgehead atoms. The van der Waals surface area contributed by atoms with Gasteiger partial charge in [-0.25, -0.2) is 0 Å².